The average Bonchev–Trinajstić information content (AvgIpc) is 3.04. The van der Waals surface area contributed by atoms with Crippen LogP contribution in [0.5, 0.6) is 0 Å². The number of nitrogens with zero attached hydrogens (tertiary/aromatic N) is 2. The minimum Gasteiger partial charge on any atom is -0.340 e. The minimum absolute atomic E-state index is 0.203. The van der Waals surface area contributed by atoms with Gasteiger partial charge in [0.05, 0.1) is 6.42 Å². The van der Waals surface area contributed by atoms with E-state index in [9.17, 15) is 4.79 Å². The van der Waals surface area contributed by atoms with E-state index in [1.54, 1.807) is 0 Å². The molecule has 1 amide bonds. The van der Waals surface area contributed by atoms with Gasteiger partial charge in [0.15, 0.2) is 0 Å². The SMILES string of the molecule is O=C(Cc1ccccc1Cl)N1CCN(C2CCCC2)CC1. The molecule has 1 aromatic rings. The van der Waals surface area contributed by atoms with Crippen LogP contribution in [0.3, 0.4) is 0 Å². The molecule has 4 heteroatoms. The van der Waals surface area contributed by atoms with Crippen LogP contribution in [0.2, 0.25) is 5.02 Å². The number of carbonyl (C=O) groups is 1. The molecule has 2 aliphatic rings. The number of hydrogen-bond donors (Lipinski definition) is 0. The summed E-state index contributed by atoms with van der Waals surface area (Å²) >= 11 is 6.14. The maximum Gasteiger partial charge on any atom is 0.227 e. The topological polar surface area (TPSA) is 23.6 Å². The van der Waals surface area contributed by atoms with Gasteiger partial charge in [0, 0.05) is 37.2 Å². The molecule has 1 aliphatic heterocycles. The standard InChI is InChI=1S/C17H23ClN2O/c18-16-8-4-1-5-14(16)13-17(21)20-11-9-19(10-12-20)15-6-2-3-7-15/h1,4-5,8,15H,2-3,6-7,9-13H2. The summed E-state index contributed by atoms with van der Waals surface area (Å²) in [6.45, 7) is 3.78. The van der Waals surface area contributed by atoms with Gasteiger partial charge < -0.3 is 4.90 Å². The maximum atomic E-state index is 12.4. The fourth-order valence-corrected chi connectivity index (χ4v) is 3.72. The Hall–Kier alpha value is -1.06. The van der Waals surface area contributed by atoms with Gasteiger partial charge in [-0.25, -0.2) is 0 Å². The third-order valence-electron chi connectivity index (χ3n) is 4.81. The van der Waals surface area contributed by atoms with E-state index in [4.69, 9.17) is 11.6 Å². The average molecular weight is 307 g/mol. The van der Waals surface area contributed by atoms with Gasteiger partial charge in [0.25, 0.3) is 0 Å². The van der Waals surface area contributed by atoms with Gasteiger partial charge in [-0.05, 0) is 24.5 Å². The lowest BCUT2D eigenvalue weighted by Crippen LogP contribution is -2.51. The number of rotatable bonds is 3. The number of benzene rings is 1. The predicted molar refractivity (Wildman–Crippen MR) is 85.6 cm³/mol. The molecule has 0 N–H and O–H groups in total. The molecule has 3 rings (SSSR count). The fourth-order valence-electron chi connectivity index (χ4n) is 3.52. The highest BCUT2D eigenvalue weighted by molar-refractivity contribution is 6.31. The van der Waals surface area contributed by atoms with Gasteiger partial charge in [0.2, 0.25) is 5.91 Å². The highest BCUT2D eigenvalue weighted by atomic mass is 35.5. The van der Waals surface area contributed by atoms with Crippen molar-refractivity contribution >= 4 is 17.5 Å². The first-order chi connectivity index (χ1) is 10.2. The Labute approximate surface area is 131 Å². The normalized spacial score (nSPS) is 20.9. The Kier molecular flexibility index (Phi) is 4.81. The summed E-state index contributed by atoms with van der Waals surface area (Å²) in [5, 5.41) is 0.690. The quantitative estimate of drug-likeness (QED) is 0.857. The van der Waals surface area contributed by atoms with Crippen molar-refractivity contribution in [3.8, 4) is 0 Å². The first-order valence-corrected chi connectivity index (χ1v) is 8.37. The Bertz CT molecular complexity index is 491. The molecule has 0 unspecified atom stereocenters. The van der Waals surface area contributed by atoms with E-state index in [1.807, 2.05) is 29.2 Å². The predicted octanol–water partition coefficient (Wildman–Crippen LogP) is 2.97. The van der Waals surface area contributed by atoms with Crippen LogP contribution < -0.4 is 0 Å². The number of amides is 1. The van der Waals surface area contributed by atoms with Crippen LogP contribution in [0.4, 0.5) is 0 Å². The minimum atomic E-state index is 0.203. The van der Waals surface area contributed by atoms with Crippen LogP contribution in [0.15, 0.2) is 24.3 Å². The van der Waals surface area contributed by atoms with Crippen LogP contribution >= 0.6 is 11.6 Å². The molecule has 0 aromatic heterocycles. The first kappa shape index (κ1) is 14.9. The Balaban J connectivity index is 1.52. The lowest BCUT2D eigenvalue weighted by atomic mass is 10.1. The molecular formula is C17H23ClN2O. The molecule has 0 bridgehead atoms. The van der Waals surface area contributed by atoms with Gasteiger partial charge >= 0.3 is 0 Å². The smallest absolute Gasteiger partial charge is 0.227 e. The Morgan fingerprint density at radius 3 is 2.43 bits per heavy atom. The zero-order chi connectivity index (χ0) is 14.7. The van der Waals surface area contributed by atoms with E-state index in [1.165, 1.54) is 25.7 Å². The van der Waals surface area contributed by atoms with E-state index >= 15 is 0 Å². The van der Waals surface area contributed by atoms with Crippen LogP contribution in [0.1, 0.15) is 31.2 Å². The largest absolute Gasteiger partial charge is 0.340 e. The molecular weight excluding hydrogens is 284 g/mol. The van der Waals surface area contributed by atoms with Crippen molar-refractivity contribution in [1.29, 1.82) is 0 Å². The molecule has 0 spiro atoms. The third kappa shape index (κ3) is 3.58. The van der Waals surface area contributed by atoms with Crippen LogP contribution in [0, 0.1) is 0 Å². The Morgan fingerprint density at radius 1 is 1.10 bits per heavy atom. The number of carbonyl (C=O) groups excluding carboxylic acids is 1. The summed E-state index contributed by atoms with van der Waals surface area (Å²) in [6.07, 6.45) is 5.84. The van der Waals surface area contributed by atoms with Gasteiger partial charge in [-0.2, -0.15) is 0 Å². The number of halogens is 1. The van der Waals surface area contributed by atoms with Crippen molar-refractivity contribution in [2.45, 2.75) is 38.1 Å². The summed E-state index contributed by atoms with van der Waals surface area (Å²) in [7, 11) is 0. The molecule has 1 aliphatic carbocycles. The second-order valence-corrected chi connectivity index (χ2v) is 6.53. The molecule has 114 valence electrons. The summed E-state index contributed by atoms with van der Waals surface area (Å²) in [6, 6.07) is 8.39. The molecule has 2 fully saturated rings. The van der Waals surface area contributed by atoms with Crippen molar-refractivity contribution < 1.29 is 4.79 Å². The highest BCUT2D eigenvalue weighted by Crippen LogP contribution is 2.24. The molecule has 0 atom stereocenters. The monoisotopic (exact) mass is 306 g/mol. The van der Waals surface area contributed by atoms with Gasteiger partial charge in [-0.3, -0.25) is 9.69 Å². The summed E-state index contributed by atoms with van der Waals surface area (Å²) in [4.78, 5) is 17.0. The van der Waals surface area contributed by atoms with Gasteiger partial charge in [0.1, 0.15) is 0 Å². The molecule has 3 nitrogen and oxygen atoms in total. The van der Waals surface area contributed by atoms with E-state index in [-0.39, 0.29) is 5.91 Å². The van der Waals surface area contributed by atoms with Crippen molar-refractivity contribution in [1.82, 2.24) is 9.80 Å². The van der Waals surface area contributed by atoms with Gasteiger partial charge in [-0.15, -0.1) is 0 Å². The summed E-state index contributed by atoms with van der Waals surface area (Å²) in [5.41, 5.74) is 0.933. The molecule has 1 heterocycles. The second kappa shape index (κ2) is 6.80. The lowest BCUT2D eigenvalue weighted by molar-refractivity contribution is -0.132. The first-order valence-electron chi connectivity index (χ1n) is 7.99. The van der Waals surface area contributed by atoms with Crippen LogP contribution in [-0.4, -0.2) is 47.9 Å². The summed E-state index contributed by atoms with van der Waals surface area (Å²) < 4.78 is 0. The Morgan fingerprint density at radius 2 is 1.76 bits per heavy atom. The second-order valence-electron chi connectivity index (χ2n) is 6.12. The third-order valence-corrected chi connectivity index (χ3v) is 5.18. The molecule has 21 heavy (non-hydrogen) atoms. The van der Waals surface area contributed by atoms with E-state index in [0.29, 0.717) is 11.4 Å². The van der Waals surface area contributed by atoms with Crippen molar-refractivity contribution in [2.75, 3.05) is 26.2 Å². The van der Waals surface area contributed by atoms with Crippen molar-refractivity contribution in [3.05, 3.63) is 34.9 Å². The van der Waals surface area contributed by atoms with Crippen molar-refractivity contribution in [3.63, 3.8) is 0 Å². The zero-order valence-electron chi connectivity index (χ0n) is 12.4. The lowest BCUT2D eigenvalue weighted by Gasteiger charge is -2.38. The molecule has 1 saturated heterocycles. The van der Waals surface area contributed by atoms with E-state index in [2.05, 4.69) is 4.90 Å². The van der Waals surface area contributed by atoms with E-state index < -0.39 is 0 Å². The van der Waals surface area contributed by atoms with Gasteiger partial charge in [-0.1, -0.05) is 42.6 Å². The van der Waals surface area contributed by atoms with E-state index in [0.717, 1.165) is 37.8 Å². The van der Waals surface area contributed by atoms with Crippen LogP contribution in [-0.2, 0) is 11.2 Å². The summed E-state index contributed by atoms with van der Waals surface area (Å²) in [5.74, 6) is 0.203. The molecule has 0 radical (unpaired) electrons. The van der Waals surface area contributed by atoms with Crippen molar-refractivity contribution in [2.24, 2.45) is 0 Å². The number of piperazine rings is 1. The maximum absolute atomic E-state index is 12.4. The number of hydrogen-bond acceptors (Lipinski definition) is 2. The zero-order valence-corrected chi connectivity index (χ0v) is 13.2. The fraction of sp³-hybridized carbons (Fsp3) is 0.588. The highest BCUT2D eigenvalue weighted by Gasteiger charge is 2.27. The molecule has 1 aromatic carbocycles. The van der Waals surface area contributed by atoms with Crippen LogP contribution in [0.25, 0.3) is 0 Å². The molecule has 1 saturated carbocycles.